The predicted octanol–water partition coefficient (Wildman–Crippen LogP) is 5.33. The number of rotatable bonds is 5. The van der Waals surface area contributed by atoms with E-state index >= 15 is 0 Å². The highest BCUT2D eigenvalue weighted by Crippen LogP contribution is 2.23. The molecular weight excluding hydrogens is 392 g/mol. The maximum atomic E-state index is 12.7. The highest BCUT2D eigenvalue weighted by molar-refractivity contribution is 7.71. The van der Waals surface area contributed by atoms with Crippen molar-refractivity contribution in [2.24, 2.45) is 0 Å². The summed E-state index contributed by atoms with van der Waals surface area (Å²) in [6.45, 7) is 4.04. The minimum absolute atomic E-state index is 0.0335. The van der Waals surface area contributed by atoms with Crippen LogP contribution in [0.15, 0.2) is 78.9 Å². The molecule has 0 aliphatic rings. The lowest BCUT2D eigenvalue weighted by Crippen LogP contribution is -2.20. The summed E-state index contributed by atoms with van der Waals surface area (Å²) in [7, 11) is 0. The average Bonchev–Trinajstić information content (AvgIpc) is 3.07. The molecule has 0 spiro atoms. The van der Waals surface area contributed by atoms with Crippen molar-refractivity contribution in [2.75, 3.05) is 5.32 Å². The monoisotopic (exact) mass is 414 g/mol. The normalized spacial score (nSPS) is 10.7. The number of carbonyl (C=O) groups excluding carboxylic acids is 1. The zero-order valence-corrected chi connectivity index (χ0v) is 17.7. The lowest BCUT2D eigenvalue weighted by molar-refractivity contribution is -0.116. The Bertz CT molecular complexity index is 1240. The Labute approximate surface area is 180 Å². The molecule has 5 nitrogen and oxygen atoms in total. The Kier molecular flexibility index (Phi) is 5.59. The SMILES string of the molecule is Cc1ccc(NC(=O)Cn2nc(-c3ccccc3)n(-c3ccccc3)c2=S)c(C)c1. The topological polar surface area (TPSA) is 51.9 Å². The third-order valence-corrected chi connectivity index (χ3v) is 5.23. The maximum Gasteiger partial charge on any atom is 0.246 e. The summed E-state index contributed by atoms with van der Waals surface area (Å²) in [6, 6.07) is 25.6. The molecular formula is C24H22N4OS. The van der Waals surface area contributed by atoms with E-state index in [1.165, 1.54) is 0 Å². The molecule has 0 atom stereocenters. The number of carbonyl (C=O) groups is 1. The van der Waals surface area contributed by atoms with Gasteiger partial charge in [-0.1, -0.05) is 66.2 Å². The van der Waals surface area contributed by atoms with Crippen LogP contribution in [0.1, 0.15) is 11.1 Å². The Morgan fingerprint density at radius 3 is 2.30 bits per heavy atom. The van der Waals surface area contributed by atoms with Gasteiger partial charge in [0.15, 0.2) is 5.82 Å². The van der Waals surface area contributed by atoms with E-state index in [4.69, 9.17) is 12.2 Å². The number of hydrogen-bond donors (Lipinski definition) is 1. The van der Waals surface area contributed by atoms with Crippen molar-refractivity contribution in [3.05, 3.63) is 94.8 Å². The first-order valence-corrected chi connectivity index (χ1v) is 10.1. The molecule has 150 valence electrons. The maximum absolute atomic E-state index is 12.7. The van der Waals surface area contributed by atoms with Crippen LogP contribution in [0.5, 0.6) is 0 Å². The Balaban J connectivity index is 1.70. The molecule has 4 aromatic rings. The second-order valence-corrected chi connectivity index (χ2v) is 7.53. The van der Waals surface area contributed by atoms with Crippen molar-refractivity contribution in [3.63, 3.8) is 0 Å². The van der Waals surface area contributed by atoms with Crippen LogP contribution in [0.3, 0.4) is 0 Å². The van der Waals surface area contributed by atoms with Gasteiger partial charge in [-0.3, -0.25) is 9.36 Å². The van der Waals surface area contributed by atoms with E-state index in [2.05, 4.69) is 10.4 Å². The third-order valence-electron chi connectivity index (χ3n) is 4.84. The smallest absolute Gasteiger partial charge is 0.246 e. The van der Waals surface area contributed by atoms with Crippen molar-refractivity contribution in [1.29, 1.82) is 0 Å². The molecule has 0 aliphatic heterocycles. The van der Waals surface area contributed by atoms with Gasteiger partial charge in [0.25, 0.3) is 0 Å². The highest BCUT2D eigenvalue weighted by atomic mass is 32.1. The van der Waals surface area contributed by atoms with Gasteiger partial charge in [-0.25, -0.2) is 4.68 Å². The van der Waals surface area contributed by atoms with Gasteiger partial charge >= 0.3 is 0 Å². The van der Waals surface area contributed by atoms with Gasteiger partial charge in [-0.15, -0.1) is 0 Å². The molecule has 0 radical (unpaired) electrons. The summed E-state index contributed by atoms with van der Waals surface area (Å²) in [4.78, 5) is 12.7. The minimum Gasteiger partial charge on any atom is -0.324 e. The van der Waals surface area contributed by atoms with Crippen molar-refractivity contribution >= 4 is 23.8 Å². The van der Waals surface area contributed by atoms with E-state index in [1.807, 2.05) is 97.3 Å². The summed E-state index contributed by atoms with van der Waals surface area (Å²) in [5.41, 5.74) is 4.81. The van der Waals surface area contributed by atoms with Crippen LogP contribution in [0, 0.1) is 18.6 Å². The number of hydrogen-bond acceptors (Lipinski definition) is 3. The third kappa shape index (κ3) is 4.09. The van der Waals surface area contributed by atoms with Gasteiger partial charge in [-0.05, 0) is 49.8 Å². The number of nitrogens with zero attached hydrogens (tertiary/aromatic N) is 3. The lowest BCUT2D eigenvalue weighted by atomic mass is 10.1. The molecule has 1 amide bonds. The summed E-state index contributed by atoms with van der Waals surface area (Å²) in [5, 5.41) is 7.66. The number of aromatic nitrogens is 3. The fraction of sp³-hybridized carbons (Fsp3) is 0.125. The van der Waals surface area contributed by atoms with E-state index in [0.717, 1.165) is 28.1 Å². The molecule has 0 saturated carbocycles. The van der Waals surface area contributed by atoms with Gasteiger partial charge in [0.1, 0.15) is 6.54 Å². The zero-order valence-electron chi connectivity index (χ0n) is 16.9. The first-order valence-electron chi connectivity index (χ1n) is 9.71. The van der Waals surface area contributed by atoms with Gasteiger partial charge < -0.3 is 5.32 Å². The number of benzene rings is 3. The second-order valence-electron chi connectivity index (χ2n) is 7.17. The first kappa shape index (κ1) is 19.8. The Morgan fingerprint density at radius 1 is 0.967 bits per heavy atom. The summed E-state index contributed by atoms with van der Waals surface area (Å²) < 4.78 is 3.94. The summed E-state index contributed by atoms with van der Waals surface area (Å²) in [6.07, 6.45) is 0. The molecule has 1 heterocycles. The van der Waals surface area contributed by atoms with Gasteiger partial charge in [0, 0.05) is 16.9 Å². The largest absolute Gasteiger partial charge is 0.324 e. The molecule has 4 rings (SSSR count). The van der Waals surface area contributed by atoms with Crippen LogP contribution in [-0.2, 0) is 11.3 Å². The first-order chi connectivity index (χ1) is 14.5. The second kappa shape index (κ2) is 8.47. The van der Waals surface area contributed by atoms with Crippen LogP contribution in [-0.4, -0.2) is 20.3 Å². The minimum atomic E-state index is -0.171. The van der Waals surface area contributed by atoms with Gasteiger partial charge in [-0.2, -0.15) is 5.10 Å². The molecule has 0 saturated heterocycles. The number of aryl methyl sites for hydroxylation is 2. The molecule has 6 heteroatoms. The van der Waals surface area contributed by atoms with E-state index < -0.39 is 0 Å². The zero-order chi connectivity index (χ0) is 21.1. The van der Waals surface area contributed by atoms with E-state index in [-0.39, 0.29) is 12.5 Å². The van der Waals surface area contributed by atoms with Crippen molar-refractivity contribution in [3.8, 4) is 17.1 Å². The van der Waals surface area contributed by atoms with Gasteiger partial charge in [0.2, 0.25) is 10.7 Å². The number of para-hydroxylation sites is 1. The van der Waals surface area contributed by atoms with Crippen LogP contribution in [0.2, 0.25) is 0 Å². The van der Waals surface area contributed by atoms with Crippen molar-refractivity contribution in [1.82, 2.24) is 14.3 Å². The standard InChI is InChI=1S/C24H22N4OS/c1-17-13-14-21(18(2)15-17)25-22(29)16-27-24(30)28(20-11-7-4-8-12-20)23(26-27)19-9-5-3-6-10-19/h3-15H,16H2,1-2H3,(H,25,29). The highest BCUT2D eigenvalue weighted by Gasteiger charge is 2.16. The number of amides is 1. The number of anilines is 1. The summed E-state index contributed by atoms with van der Waals surface area (Å²) in [5.74, 6) is 0.529. The molecule has 1 N–H and O–H groups in total. The number of nitrogens with one attached hydrogen (secondary N) is 1. The molecule has 3 aromatic carbocycles. The Hall–Kier alpha value is -3.51. The van der Waals surface area contributed by atoms with Crippen LogP contribution < -0.4 is 5.32 Å². The molecule has 0 unspecified atom stereocenters. The predicted molar refractivity (Wildman–Crippen MR) is 122 cm³/mol. The van der Waals surface area contributed by atoms with Crippen LogP contribution >= 0.6 is 12.2 Å². The van der Waals surface area contributed by atoms with E-state index in [1.54, 1.807) is 4.68 Å². The van der Waals surface area contributed by atoms with Crippen LogP contribution in [0.25, 0.3) is 17.1 Å². The average molecular weight is 415 g/mol. The van der Waals surface area contributed by atoms with E-state index in [0.29, 0.717) is 10.6 Å². The lowest BCUT2D eigenvalue weighted by Gasteiger charge is -2.09. The summed E-state index contributed by atoms with van der Waals surface area (Å²) >= 11 is 5.70. The molecule has 30 heavy (non-hydrogen) atoms. The van der Waals surface area contributed by atoms with Crippen molar-refractivity contribution in [2.45, 2.75) is 20.4 Å². The molecule has 0 fully saturated rings. The molecule has 0 bridgehead atoms. The fourth-order valence-electron chi connectivity index (χ4n) is 3.37. The molecule has 0 aliphatic carbocycles. The quantitative estimate of drug-likeness (QED) is 0.449. The molecule has 1 aromatic heterocycles. The fourth-order valence-corrected chi connectivity index (χ4v) is 3.67. The van der Waals surface area contributed by atoms with Crippen molar-refractivity contribution < 1.29 is 4.79 Å². The van der Waals surface area contributed by atoms with Crippen LogP contribution in [0.4, 0.5) is 5.69 Å². The Morgan fingerprint density at radius 2 is 1.63 bits per heavy atom. The van der Waals surface area contributed by atoms with Gasteiger partial charge in [0.05, 0.1) is 0 Å². The van der Waals surface area contributed by atoms with E-state index in [9.17, 15) is 4.79 Å².